The Balaban J connectivity index is 1.84. The summed E-state index contributed by atoms with van der Waals surface area (Å²) in [7, 11) is 0. The summed E-state index contributed by atoms with van der Waals surface area (Å²) < 4.78 is 11.4. The maximum Gasteiger partial charge on any atom is 0.300 e. The Labute approximate surface area is 205 Å². The molecule has 3 aromatic rings. The zero-order chi connectivity index (χ0) is 24.9. The minimum absolute atomic E-state index is 0.0303. The second-order valence-electron chi connectivity index (χ2n) is 8.62. The number of carbonyl (C=O) groups is 2. The molecule has 1 heterocycles. The van der Waals surface area contributed by atoms with E-state index in [1.54, 1.807) is 48.5 Å². The van der Waals surface area contributed by atoms with Gasteiger partial charge in [0.2, 0.25) is 0 Å². The molecule has 0 spiro atoms. The van der Waals surface area contributed by atoms with Crippen LogP contribution in [0.15, 0.2) is 84.4 Å². The standard InChI is InChI=1S/C29H29NO5/c1-4-17-34-23-15-13-20(14-16-23)26-25(27(31)21-9-8-12-24(18-21)35-19(2)3)28(32)29(33)30(26)22-10-6-5-7-11-22/h5-16,18-19,26,31H,4,17H2,1-3H3/b27-25-. The van der Waals surface area contributed by atoms with Crippen molar-refractivity contribution in [1.29, 1.82) is 0 Å². The van der Waals surface area contributed by atoms with Crippen LogP contribution in [0, 0.1) is 0 Å². The molecule has 6 nitrogen and oxygen atoms in total. The maximum absolute atomic E-state index is 13.3. The summed E-state index contributed by atoms with van der Waals surface area (Å²) in [6, 6.07) is 22.4. The average molecular weight is 472 g/mol. The van der Waals surface area contributed by atoms with Gasteiger partial charge in [-0.05, 0) is 62.2 Å². The molecule has 4 rings (SSSR count). The predicted molar refractivity (Wildman–Crippen MR) is 136 cm³/mol. The number of Topliss-reactive ketones (excluding diaryl/α,β-unsaturated/α-hetero) is 1. The molecule has 35 heavy (non-hydrogen) atoms. The van der Waals surface area contributed by atoms with E-state index in [2.05, 4.69) is 0 Å². The Bertz CT molecular complexity index is 1230. The summed E-state index contributed by atoms with van der Waals surface area (Å²) in [6.07, 6.45) is 0.833. The Hall–Kier alpha value is -4.06. The second kappa shape index (κ2) is 10.5. The number of nitrogens with zero attached hydrogens (tertiary/aromatic N) is 1. The lowest BCUT2D eigenvalue weighted by molar-refractivity contribution is -0.132. The van der Waals surface area contributed by atoms with Gasteiger partial charge in [0.05, 0.1) is 24.3 Å². The smallest absolute Gasteiger partial charge is 0.300 e. The molecule has 0 radical (unpaired) electrons. The van der Waals surface area contributed by atoms with Gasteiger partial charge in [-0.3, -0.25) is 14.5 Å². The highest BCUT2D eigenvalue weighted by Gasteiger charge is 2.46. The molecule has 1 N–H and O–H groups in total. The van der Waals surface area contributed by atoms with E-state index in [1.807, 2.05) is 51.1 Å². The van der Waals surface area contributed by atoms with Crippen LogP contribution in [0.25, 0.3) is 5.76 Å². The molecule has 1 amide bonds. The summed E-state index contributed by atoms with van der Waals surface area (Å²) in [5, 5.41) is 11.3. The third-order valence-corrected chi connectivity index (χ3v) is 5.63. The molecular formula is C29H29NO5. The number of hydrogen-bond acceptors (Lipinski definition) is 5. The fourth-order valence-electron chi connectivity index (χ4n) is 4.11. The van der Waals surface area contributed by atoms with Crippen molar-refractivity contribution in [3.05, 3.63) is 95.6 Å². The molecule has 3 aromatic carbocycles. The van der Waals surface area contributed by atoms with Crippen molar-refractivity contribution >= 4 is 23.1 Å². The monoisotopic (exact) mass is 471 g/mol. The third-order valence-electron chi connectivity index (χ3n) is 5.63. The Morgan fingerprint density at radius 3 is 2.31 bits per heavy atom. The van der Waals surface area contributed by atoms with E-state index >= 15 is 0 Å². The summed E-state index contributed by atoms with van der Waals surface area (Å²) >= 11 is 0. The summed E-state index contributed by atoms with van der Waals surface area (Å²) in [5.74, 6) is -0.408. The molecule has 0 aliphatic carbocycles. The Kier molecular flexibility index (Phi) is 7.20. The molecular weight excluding hydrogens is 442 g/mol. The molecule has 1 aliphatic heterocycles. The van der Waals surface area contributed by atoms with Crippen LogP contribution < -0.4 is 14.4 Å². The number of hydrogen-bond donors (Lipinski definition) is 1. The fraction of sp³-hybridized carbons (Fsp3) is 0.241. The van der Waals surface area contributed by atoms with Crippen LogP contribution in [0.5, 0.6) is 11.5 Å². The number of ether oxygens (including phenoxy) is 2. The number of carbonyl (C=O) groups excluding carboxylic acids is 2. The number of anilines is 1. The number of ketones is 1. The SMILES string of the molecule is CCCOc1ccc(C2/C(=C(/O)c3cccc(OC(C)C)c3)C(=O)C(=O)N2c2ccccc2)cc1. The van der Waals surface area contributed by atoms with Crippen LogP contribution in [-0.2, 0) is 9.59 Å². The molecule has 1 aliphatic rings. The van der Waals surface area contributed by atoms with Crippen molar-refractivity contribution in [3.63, 3.8) is 0 Å². The molecule has 6 heteroatoms. The van der Waals surface area contributed by atoms with E-state index in [0.29, 0.717) is 34.9 Å². The average Bonchev–Trinajstić information content (AvgIpc) is 3.13. The van der Waals surface area contributed by atoms with Gasteiger partial charge in [-0.2, -0.15) is 0 Å². The van der Waals surface area contributed by atoms with Gasteiger partial charge < -0.3 is 14.6 Å². The normalized spacial score (nSPS) is 17.1. The van der Waals surface area contributed by atoms with Crippen LogP contribution in [0.4, 0.5) is 5.69 Å². The van der Waals surface area contributed by atoms with E-state index < -0.39 is 17.7 Å². The van der Waals surface area contributed by atoms with Gasteiger partial charge in [0.15, 0.2) is 0 Å². The number of rotatable bonds is 8. The first kappa shape index (κ1) is 24.1. The molecule has 1 fully saturated rings. The minimum Gasteiger partial charge on any atom is -0.507 e. The molecule has 1 unspecified atom stereocenters. The van der Waals surface area contributed by atoms with Gasteiger partial charge in [0, 0.05) is 11.3 Å². The van der Waals surface area contributed by atoms with Crippen LogP contribution in [0.1, 0.15) is 44.4 Å². The van der Waals surface area contributed by atoms with E-state index in [9.17, 15) is 14.7 Å². The number of aliphatic hydroxyl groups excluding tert-OH is 1. The molecule has 0 saturated carbocycles. The predicted octanol–water partition coefficient (Wildman–Crippen LogP) is 5.89. The van der Waals surface area contributed by atoms with E-state index in [0.717, 1.165) is 6.42 Å². The second-order valence-corrected chi connectivity index (χ2v) is 8.62. The quantitative estimate of drug-likeness (QED) is 0.252. The molecule has 0 aromatic heterocycles. The van der Waals surface area contributed by atoms with Crippen molar-refractivity contribution in [1.82, 2.24) is 0 Å². The lowest BCUT2D eigenvalue weighted by Gasteiger charge is -2.25. The number of para-hydroxylation sites is 1. The van der Waals surface area contributed by atoms with Gasteiger partial charge in [-0.25, -0.2) is 0 Å². The van der Waals surface area contributed by atoms with E-state index in [1.165, 1.54) is 4.90 Å². The zero-order valence-corrected chi connectivity index (χ0v) is 20.1. The minimum atomic E-state index is -0.799. The van der Waals surface area contributed by atoms with Crippen molar-refractivity contribution in [2.45, 2.75) is 39.3 Å². The van der Waals surface area contributed by atoms with Crippen molar-refractivity contribution in [2.75, 3.05) is 11.5 Å². The Morgan fingerprint density at radius 1 is 0.943 bits per heavy atom. The van der Waals surface area contributed by atoms with Crippen molar-refractivity contribution in [3.8, 4) is 11.5 Å². The van der Waals surface area contributed by atoms with E-state index in [-0.39, 0.29) is 17.4 Å². The van der Waals surface area contributed by atoms with Crippen LogP contribution in [0.3, 0.4) is 0 Å². The maximum atomic E-state index is 13.3. The molecule has 180 valence electrons. The highest BCUT2D eigenvalue weighted by molar-refractivity contribution is 6.51. The number of amides is 1. The molecule has 1 atom stereocenters. The summed E-state index contributed by atoms with van der Waals surface area (Å²) in [5.41, 5.74) is 1.69. The first-order valence-electron chi connectivity index (χ1n) is 11.8. The van der Waals surface area contributed by atoms with Crippen LogP contribution in [-0.4, -0.2) is 29.5 Å². The van der Waals surface area contributed by atoms with Gasteiger partial charge in [-0.1, -0.05) is 49.4 Å². The van der Waals surface area contributed by atoms with Gasteiger partial charge in [0.25, 0.3) is 11.7 Å². The van der Waals surface area contributed by atoms with Crippen molar-refractivity contribution < 1.29 is 24.2 Å². The number of benzene rings is 3. The Morgan fingerprint density at radius 2 is 1.66 bits per heavy atom. The van der Waals surface area contributed by atoms with Crippen molar-refractivity contribution in [2.24, 2.45) is 0 Å². The summed E-state index contributed by atoms with van der Waals surface area (Å²) in [6.45, 7) is 6.44. The molecule has 1 saturated heterocycles. The van der Waals surface area contributed by atoms with Gasteiger partial charge in [0.1, 0.15) is 17.3 Å². The first-order valence-corrected chi connectivity index (χ1v) is 11.8. The first-order chi connectivity index (χ1) is 16.9. The van der Waals surface area contributed by atoms with Gasteiger partial charge in [-0.15, -0.1) is 0 Å². The topological polar surface area (TPSA) is 76.1 Å². The fourth-order valence-corrected chi connectivity index (χ4v) is 4.11. The highest BCUT2D eigenvalue weighted by atomic mass is 16.5. The lowest BCUT2D eigenvalue weighted by atomic mass is 9.95. The highest BCUT2D eigenvalue weighted by Crippen LogP contribution is 2.42. The van der Waals surface area contributed by atoms with Gasteiger partial charge >= 0.3 is 0 Å². The van der Waals surface area contributed by atoms with Crippen LogP contribution in [0.2, 0.25) is 0 Å². The zero-order valence-electron chi connectivity index (χ0n) is 20.1. The number of aliphatic hydroxyl groups is 1. The molecule has 0 bridgehead atoms. The van der Waals surface area contributed by atoms with E-state index in [4.69, 9.17) is 9.47 Å². The largest absolute Gasteiger partial charge is 0.507 e. The lowest BCUT2D eigenvalue weighted by Crippen LogP contribution is -2.29. The van der Waals surface area contributed by atoms with Crippen LogP contribution >= 0.6 is 0 Å². The summed E-state index contributed by atoms with van der Waals surface area (Å²) in [4.78, 5) is 28.0. The third kappa shape index (κ3) is 5.06.